The zero-order chi connectivity index (χ0) is 14.8. The quantitative estimate of drug-likeness (QED) is 0.854. The van der Waals surface area contributed by atoms with Crippen LogP contribution in [0.3, 0.4) is 0 Å². The van der Waals surface area contributed by atoms with Crippen molar-refractivity contribution in [2.24, 2.45) is 5.73 Å². The molecule has 3 N–H and O–H groups in total. The van der Waals surface area contributed by atoms with Crippen LogP contribution in [0.1, 0.15) is 34.3 Å². The number of phenolic OH excluding ortho intramolecular Hbond substituents is 1. The van der Waals surface area contributed by atoms with E-state index in [9.17, 15) is 9.90 Å². The summed E-state index contributed by atoms with van der Waals surface area (Å²) in [6, 6.07) is 3.75. The normalized spacial score (nSPS) is 22.0. The summed E-state index contributed by atoms with van der Waals surface area (Å²) in [7, 11) is 0. The topological polar surface area (TPSA) is 75.8 Å². The highest BCUT2D eigenvalue weighted by Gasteiger charge is 2.27. The lowest BCUT2D eigenvalue weighted by molar-refractivity contribution is -0.0168. The van der Waals surface area contributed by atoms with E-state index >= 15 is 0 Å². The molecule has 3 rings (SSSR count). The monoisotopic (exact) mass is 290 g/mol. The number of benzene rings is 1. The van der Waals surface area contributed by atoms with Crippen LogP contribution >= 0.6 is 0 Å². The van der Waals surface area contributed by atoms with Crippen molar-refractivity contribution < 1.29 is 14.6 Å². The van der Waals surface area contributed by atoms with Crippen molar-refractivity contribution >= 4 is 5.91 Å². The van der Waals surface area contributed by atoms with E-state index in [-0.39, 0.29) is 17.8 Å². The fraction of sp³-hybridized carbons (Fsp3) is 0.562. The lowest BCUT2D eigenvalue weighted by Gasteiger charge is -2.32. The maximum atomic E-state index is 12.6. The fourth-order valence-electron chi connectivity index (χ4n) is 3.20. The van der Waals surface area contributed by atoms with Crippen molar-refractivity contribution in [1.29, 1.82) is 0 Å². The van der Waals surface area contributed by atoms with Crippen LogP contribution in [-0.4, -0.2) is 48.3 Å². The third-order valence-corrected chi connectivity index (χ3v) is 4.42. The number of hydrogen-bond donors (Lipinski definition) is 2. The first-order chi connectivity index (χ1) is 10.2. The van der Waals surface area contributed by atoms with Crippen LogP contribution in [0.25, 0.3) is 0 Å². The average molecular weight is 290 g/mol. The van der Waals surface area contributed by atoms with E-state index in [1.165, 1.54) is 5.56 Å². The Labute approximate surface area is 124 Å². The maximum Gasteiger partial charge on any atom is 0.257 e. The largest absolute Gasteiger partial charge is 0.507 e. The molecule has 5 heteroatoms. The zero-order valence-corrected chi connectivity index (χ0v) is 12.2. The Bertz CT molecular complexity index is 545. The van der Waals surface area contributed by atoms with Crippen LogP contribution in [0.15, 0.2) is 12.1 Å². The number of phenols is 1. The lowest BCUT2D eigenvalue weighted by atomic mass is 9.89. The smallest absolute Gasteiger partial charge is 0.257 e. The summed E-state index contributed by atoms with van der Waals surface area (Å²) in [6.07, 6.45) is 3.97. The minimum Gasteiger partial charge on any atom is -0.507 e. The molecule has 1 aliphatic carbocycles. The number of carbonyl (C=O) groups excluding carboxylic acids is 1. The average Bonchev–Trinajstić information content (AvgIpc) is 2.55. The van der Waals surface area contributed by atoms with Gasteiger partial charge in [-0.1, -0.05) is 6.07 Å². The Hall–Kier alpha value is -1.59. The van der Waals surface area contributed by atoms with E-state index in [2.05, 4.69) is 0 Å². The SMILES string of the molecule is NC[C@H]1CN(C(=O)c2ccc3c(c2O)CCCC3)CCO1. The number of hydrogen-bond acceptors (Lipinski definition) is 4. The number of nitrogens with two attached hydrogens (primary N) is 1. The third kappa shape index (κ3) is 2.76. The Balaban J connectivity index is 1.84. The highest BCUT2D eigenvalue weighted by Crippen LogP contribution is 2.32. The van der Waals surface area contributed by atoms with Gasteiger partial charge in [-0.25, -0.2) is 0 Å². The number of rotatable bonds is 2. The van der Waals surface area contributed by atoms with Gasteiger partial charge in [0.25, 0.3) is 5.91 Å². The number of fused-ring (bicyclic) bond motifs is 1. The summed E-state index contributed by atoms with van der Waals surface area (Å²) in [5, 5.41) is 10.5. The molecule has 1 aromatic rings. The van der Waals surface area contributed by atoms with E-state index in [1.54, 1.807) is 11.0 Å². The third-order valence-electron chi connectivity index (χ3n) is 4.42. The number of aryl methyl sites for hydroxylation is 1. The molecule has 0 unspecified atom stereocenters. The first-order valence-electron chi connectivity index (χ1n) is 7.65. The van der Waals surface area contributed by atoms with Gasteiger partial charge in [0.15, 0.2) is 0 Å². The Morgan fingerprint density at radius 3 is 3.00 bits per heavy atom. The summed E-state index contributed by atoms with van der Waals surface area (Å²) < 4.78 is 5.48. The molecule has 21 heavy (non-hydrogen) atoms. The molecule has 0 saturated carbocycles. The zero-order valence-electron chi connectivity index (χ0n) is 12.2. The molecule has 1 amide bonds. The standard InChI is InChI=1S/C16H22N2O3/c17-9-12-10-18(7-8-21-12)16(20)14-6-5-11-3-1-2-4-13(11)15(14)19/h5-6,12,19H,1-4,7-10,17H2/t12-/m0/s1. The predicted octanol–water partition coefficient (Wildman–Crippen LogP) is 1.07. The Morgan fingerprint density at radius 1 is 1.38 bits per heavy atom. The number of amides is 1. The number of aromatic hydroxyl groups is 1. The maximum absolute atomic E-state index is 12.6. The van der Waals surface area contributed by atoms with Gasteiger partial charge < -0.3 is 20.5 Å². The first kappa shape index (κ1) is 14.4. The van der Waals surface area contributed by atoms with Gasteiger partial charge in [0, 0.05) is 19.6 Å². The van der Waals surface area contributed by atoms with Crippen molar-refractivity contribution in [3.05, 3.63) is 28.8 Å². The van der Waals surface area contributed by atoms with Crippen molar-refractivity contribution in [3.8, 4) is 5.75 Å². The van der Waals surface area contributed by atoms with Gasteiger partial charge in [0.05, 0.1) is 18.3 Å². The Kier molecular flexibility index (Phi) is 4.12. The van der Waals surface area contributed by atoms with Crippen LogP contribution in [0, 0.1) is 0 Å². The molecule has 1 fully saturated rings. The minimum absolute atomic E-state index is 0.109. The number of carbonyl (C=O) groups is 1. The van der Waals surface area contributed by atoms with Crippen LogP contribution in [0.4, 0.5) is 0 Å². The number of morpholine rings is 1. The van der Waals surface area contributed by atoms with Gasteiger partial charge in [0.2, 0.25) is 0 Å². The molecule has 0 aromatic heterocycles. The molecule has 1 atom stereocenters. The molecule has 1 aromatic carbocycles. The van der Waals surface area contributed by atoms with Gasteiger partial charge in [-0.05, 0) is 42.9 Å². The molecular formula is C16H22N2O3. The van der Waals surface area contributed by atoms with E-state index in [0.29, 0.717) is 31.8 Å². The second-order valence-electron chi connectivity index (χ2n) is 5.79. The minimum atomic E-state index is -0.123. The molecule has 0 radical (unpaired) electrons. The van der Waals surface area contributed by atoms with Crippen LogP contribution < -0.4 is 5.73 Å². The highest BCUT2D eigenvalue weighted by molar-refractivity contribution is 5.97. The summed E-state index contributed by atoms with van der Waals surface area (Å²) in [5.41, 5.74) is 8.16. The lowest BCUT2D eigenvalue weighted by Crippen LogP contribution is -2.48. The highest BCUT2D eigenvalue weighted by atomic mass is 16.5. The summed E-state index contributed by atoms with van der Waals surface area (Å²) in [4.78, 5) is 14.4. The predicted molar refractivity (Wildman–Crippen MR) is 79.4 cm³/mol. The van der Waals surface area contributed by atoms with Crippen molar-refractivity contribution in [2.45, 2.75) is 31.8 Å². The molecule has 2 aliphatic rings. The molecule has 1 aliphatic heterocycles. The van der Waals surface area contributed by atoms with Gasteiger partial charge in [-0.3, -0.25) is 4.79 Å². The van der Waals surface area contributed by atoms with Crippen LogP contribution in [0.5, 0.6) is 5.75 Å². The molecule has 1 heterocycles. The van der Waals surface area contributed by atoms with Crippen LogP contribution in [-0.2, 0) is 17.6 Å². The van der Waals surface area contributed by atoms with E-state index in [1.807, 2.05) is 6.07 Å². The van der Waals surface area contributed by atoms with Crippen molar-refractivity contribution in [2.75, 3.05) is 26.2 Å². The number of nitrogens with zero attached hydrogens (tertiary/aromatic N) is 1. The molecular weight excluding hydrogens is 268 g/mol. The van der Waals surface area contributed by atoms with Gasteiger partial charge in [-0.2, -0.15) is 0 Å². The van der Waals surface area contributed by atoms with E-state index < -0.39 is 0 Å². The first-order valence-corrected chi connectivity index (χ1v) is 7.65. The molecule has 5 nitrogen and oxygen atoms in total. The summed E-state index contributed by atoms with van der Waals surface area (Å²) in [6.45, 7) is 1.94. The van der Waals surface area contributed by atoms with Gasteiger partial charge in [-0.15, -0.1) is 0 Å². The molecule has 1 saturated heterocycles. The fourth-order valence-corrected chi connectivity index (χ4v) is 3.20. The van der Waals surface area contributed by atoms with E-state index in [0.717, 1.165) is 31.2 Å². The molecule has 0 spiro atoms. The second-order valence-corrected chi connectivity index (χ2v) is 5.79. The number of ether oxygens (including phenoxy) is 1. The van der Waals surface area contributed by atoms with Gasteiger partial charge >= 0.3 is 0 Å². The van der Waals surface area contributed by atoms with Crippen LogP contribution in [0.2, 0.25) is 0 Å². The van der Waals surface area contributed by atoms with Gasteiger partial charge in [0.1, 0.15) is 5.75 Å². The summed E-state index contributed by atoms with van der Waals surface area (Å²) in [5.74, 6) is 0.0515. The second kappa shape index (κ2) is 6.03. The van der Waals surface area contributed by atoms with Crippen molar-refractivity contribution in [1.82, 2.24) is 4.90 Å². The molecule has 0 bridgehead atoms. The summed E-state index contributed by atoms with van der Waals surface area (Å²) >= 11 is 0. The van der Waals surface area contributed by atoms with E-state index in [4.69, 9.17) is 10.5 Å². The van der Waals surface area contributed by atoms with Crippen molar-refractivity contribution in [3.63, 3.8) is 0 Å². The molecule has 114 valence electrons. The Morgan fingerprint density at radius 2 is 2.19 bits per heavy atom.